The van der Waals surface area contributed by atoms with E-state index in [1.165, 1.54) is 0 Å². The predicted molar refractivity (Wildman–Crippen MR) is 379 cm³/mol. The molecular weight excluding hydrogens is 1330 g/mol. The lowest BCUT2D eigenvalue weighted by Crippen LogP contribution is -2.47. The summed E-state index contributed by atoms with van der Waals surface area (Å²) in [6, 6.07) is -0.132. The maximum Gasteiger partial charge on any atom is 0.407 e. The molecular formula is C74H118N4O24. The Labute approximate surface area is 603 Å². The summed E-state index contributed by atoms with van der Waals surface area (Å²) in [5.74, 6) is -3.28. The molecule has 2 saturated carbocycles. The molecule has 578 valence electrons. The summed E-state index contributed by atoms with van der Waals surface area (Å²) in [7, 11) is 0. The molecule has 0 aromatic carbocycles. The highest BCUT2D eigenvalue weighted by molar-refractivity contribution is 5.89. The van der Waals surface area contributed by atoms with E-state index in [0.29, 0.717) is 50.9 Å². The standard InChI is InChI=1S/C27H43NO8.C24H38N2O8.C23H37NO8/c1-17(2)23(30)33-14-19(5)35-22(29)10-11-27(9)13-21(12-26(7,8)16-27)28-25(32)36-20(6)15-34-24(31)18(3)4;1-15(2)21(27)31-13-17(5)33-23(29)25-11-19-8-7-9-20(10-19)12-26-24(30)34-18(6)14-32-22(28)16(3)4;1-16(2)21(26)29-14-18(5)31-20(25)12-10-8-7-9-11-13-24-23(28)32-19(6)15-30-22(27)17(3)4/h19-21H,1,3,10-16H2,2,4-9H3,(H,28,32);17-20H,1,3,7-14H2,2,4-6H3,(H,25,29)(H,26,30);18-19H,1,3,7-15H2,2,4-6H3,(H,24,28). The van der Waals surface area contributed by atoms with Crippen molar-refractivity contribution in [1.29, 1.82) is 0 Å². The summed E-state index contributed by atoms with van der Waals surface area (Å²) >= 11 is 0. The van der Waals surface area contributed by atoms with E-state index in [4.69, 9.17) is 56.8 Å². The maximum atomic E-state index is 12.5. The van der Waals surface area contributed by atoms with Crippen LogP contribution in [0.1, 0.15) is 200 Å². The van der Waals surface area contributed by atoms with Gasteiger partial charge >= 0.3 is 72.1 Å². The van der Waals surface area contributed by atoms with Crippen LogP contribution in [0.3, 0.4) is 0 Å². The monoisotopic (exact) mass is 1450 g/mol. The lowest BCUT2D eigenvalue weighted by Gasteiger charge is -2.46. The number of unbranched alkanes of at least 4 members (excludes halogenated alkanes) is 4. The Morgan fingerprint density at radius 3 is 1.05 bits per heavy atom. The van der Waals surface area contributed by atoms with E-state index in [0.717, 1.165) is 64.2 Å². The van der Waals surface area contributed by atoms with Gasteiger partial charge < -0.3 is 78.1 Å². The molecule has 0 aromatic heterocycles. The number of ether oxygens (including phenoxy) is 12. The van der Waals surface area contributed by atoms with Crippen molar-refractivity contribution in [3.63, 3.8) is 0 Å². The molecule has 0 radical (unpaired) electrons. The molecule has 0 aliphatic heterocycles. The molecule has 0 bridgehead atoms. The third-order valence-electron chi connectivity index (χ3n) is 15.2. The van der Waals surface area contributed by atoms with Crippen molar-refractivity contribution in [1.82, 2.24) is 21.3 Å². The summed E-state index contributed by atoms with van der Waals surface area (Å²) < 4.78 is 61.2. The highest BCUT2D eigenvalue weighted by Crippen LogP contribution is 2.48. The lowest BCUT2D eigenvalue weighted by molar-refractivity contribution is -0.156. The van der Waals surface area contributed by atoms with Gasteiger partial charge in [-0.25, -0.2) is 47.9 Å². The van der Waals surface area contributed by atoms with Crippen molar-refractivity contribution in [2.75, 3.05) is 59.3 Å². The van der Waals surface area contributed by atoms with E-state index in [1.807, 2.05) is 0 Å². The minimum absolute atomic E-state index is 0.00525. The first-order valence-electron chi connectivity index (χ1n) is 34.7. The zero-order valence-electron chi connectivity index (χ0n) is 63.2. The molecule has 10 atom stereocenters. The zero-order valence-corrected chi connectivity index (χ0v) is 63.2. The van der Waals surface area contributed by atoms with Gasteiger partial charge in [-0.05, 0) is 164 Å². The average molecular weight is 1450 g/mol. The molecule has 0 spiro atoms. The van der Waals surface area contributed by atoms with Gasteiger partial charge in [-0.15, -0.1) is 0 Å². The van der Waals surface area contributed by atoms with Crippen LogP contribution >= 0.6 is 0 Å². The Bertz CT molecular complexity index is 2730. The molecule has 2 aliphatic carbocycles. The molecule has 102 heavy (non-hydrogen) atoms. The van der Waals surface area contributed by atoms with Crippen molar-refractivity contribution >= 4 is 72.1 Å². The minimum Gasteiger partial charge on any atom is -0.459 e. The SMILES string of the molecule is C=C(C)C(=O)OCC(C)OC(=O)CCC1(C)CC(NC(=O)OC(C)COC(=O)C(=C)C)CC(C)(C)C1.C=C(C)C(=O)OCC(C)OC(=O)CCCCCCCNC(=O)OC(C)COC(=O)C(=C)C.C=C(C)C(=O)OCC(C)OC(=O)NCC1CCCC(CNC(=O)OC(C)COC(=O)C(=C)C)C1. The van der Waals surface area contributed by atoms with Crippen LogP contribution in [0.2, 0.25) is 0 Å². The Hall–Kier alpha value is -8.72. The highest BCUT2D eigenvalue weighted by Gasteiger charge is 2.42. The Morgan fingerprint density at radius 2 is 0.696 bits per heavy atom. The maximum absolute atomic E-state index is 12.5. The van der Waals surface area contributed by atoms with Crippen LogP contribution in [0.5, 0.6) is 0 Å². The predicted octanol–water partition coefficient (Wildman–Crippen LogP) is 11.5. The van der Waals surface area contributed by atoms with Crippen molar-refractivity contribution < 1.29 is 114 Å². The average Bonchev–Trinajstić information content (AvgIpc) is 0.798. The normalized spacial score (nSPS) is 18.0. The van der Waals surface area contributed by atoms with Crippen LogP contribution < -0.4 is 21.3 Å². The van der Waals surface area contributed by atoms with Gasteiger partial charge in [-0.1, -0.05) is 85.9 Å². The van der Waals surface area contributed by atoms with Crippen LogP contribution in [0.15, 0.2) is 72.9 Å². The van der Waals surface area contributed by atoms with Crippen LogP contribution in [0.25, 0.3) is 0 Å². The summed E-state index contributed by atoms with van der Waals surface area (Å²) in [6.45, 7) is 47.7. The van der Waals surface area contributed by atoms with Crippen LogP contribution in [-0.2, 0) is 95.2 Å². The van der Waals surface area contributed by atoms with Crippen LogP contribution in [0, 0.1) is 22.7 Å². The quantitative estimate of drug-likeness (QED) is 0.0192. The largest absolute Gasteiger partial charge is 0.459 e. The molecule has 4 amide bonds. The van der Waals surface area contributed by atoms with Crippen molar-refractivity contribution in [2.24, 2.45) is 22.7 Å². The summed E-state index contributed by atoms with van der Waals surface area (Å²) in [6.07, 6.45) is 5.74. The Kier molecular flexibility index (Phi) is 45.5. The second-order valence-electron chi connectivity index (χ2n) is 27.7. The first-order chi connectivity index (χ1) is 47.5. The molecule has 28 nitrogen and oxygen atoms in total. The van der Waals surface area contributed by atoms with E-state index in [2.05, 4.69) is 81.5 Å². The Morgan fingerprint density at radius 1 is 0.392 bits per heavy atom. The molecule has 2 aliphatic rings. The molecule has 0 heterocycles. The van der Waals surface area contributed by atoms with Crippen molar-refractivity contribution in [2.45, 2.75) is 243 Å². The van der Waals surface area contributed by atoms with Crippen molar-refractivity contribution in [3.8, 4) is 0 Å². The van der Waals surface area contributed by atoms with Gasteiger partial charge in [0.1, 0.15) is 76.3 Å². The third-order valence-corrected chi connectivity index (χ3v) is 15.2. The number of carbonyl (C=O) groups excluding carboxylic acids is 12. The molecule has 0 saturated heterocycles. The van der Waals surface area contributed by atoms with Gasteiger partial charge in [0.05, 0.1) is 0 Å². The summed E-state index contributed by atoms with van der Waals surface area (Å²) in [4.78, 5) is 141. The number of nitrogens with one attached hydrogen (secondary N) is 4. The molecule has 0 aromatic rings. The topological polar surface area (TPSA) is 364 Å². The van der Waals surface area contributed by atoms with Crippen LogP contribution in [0.4, 0.5) is 19.2 Å². The van der Waals surface area contributed by atoms with E-state index in [1.54, 1.807) is 83.1 Å². The number of esters is 8. The summed E-state index contributed by atoms with van der Waals surface area (Å²) in [5, 5.41) is 11.1. The smallest absolute Gasteiger partial charge is 0.407 e. The van der Waals surface area contributed by atoms with E-state index < -0.39 is 96.8 Å². The third kappa shape index (κ3) is 46.7. The van der Waals surface area contributed by atoms with Crippen molar-refractivity contribution in [3.05, 3.63) is 72.9 Å². The summed E-state index contributed by atoms with van der Waals surface area (Å²) in [5.41, 5.74) is 1.46. The second kappa shape index (κ2) is 49.8. The van der Waals surface area contributed by atoms with Crippen LogP contribution in [-0.4, -0.2) is 174 Å². The van der Waals surface area contributed by atoms with Gasteiger partial charge in [-0.2, -0.15) is 0 Å². The van der Waals surface area contributed by atoms with E-state index in [9.17, 15) is 57.5 Å². The molecule has 10 unspecified atom stereocenters. The zero-order chi connectivity index (χ0) is 77.9. The number of hydrogen-bond acceptors (Lipinski definition) is 24. The minimum atomic E-state index is -0.609. The number of amides is 4. The molecule has 4 N–H and O–H groups in total. The van der Waals surface area contributed by atoms with E-state index >= 15 is 0 Å². The molecule has 28 heteroatoms. The van der Waals surface area contributed by atoms with Gasteiger partial charge in [0.15, 0.2) is 0 Å². The number of alkyl carbamates (subject to hydrolysis) is 4. The number of carbonyl (C=O) groups is 12. The number of rotatable bonds is 40. The fourth-order valence-corrected chi connectivity index (χ4v) is 10.4. The van der Waals surface area contributed by atoms with Gasteiger partial charge in [0, 0.05) is 72.0 Å². The highest BCUT2D eigenvalue weighted by atomic mass is 16.6. The second-order valence-corrected chi connectivity index (χ2v) is 27.7. The fraction of sp³-hybridized carbons (Fsp3) is 0.676. The van der Waals surface area contributed by atoms with E-state index in [-0.39, 0.29) is 115 Å². The number of hydrogen-bond donors (Lipinski definition) is 4. The Balaban J connectivity index is 0.00000150. The lowest BCUT2D eigenvalue weighted by atomic mass is 9.61. The van der Waals surface area contributed by atoms with Gasteiger partial charge in [0.2, 0.25) is 0 Å². The molecule has 2 fully saturated rings. The fourth-order valence-electron chi connectivity index (χ4n) is 10.4. The van der Waals surface area contributed by atoms with Gasteiger partial charge in [-0.3, -0.25) is 9.59 Å². The molecule has 2 rings (SSSR count). The first kappa shape index (κ1) is 93.3. The first-order valence-corrected chi connectivity index (χ1v) is 34.7. The van der Waals surface area contributed by atoms with Gasteiger partial charge in [0.25, 0.3) is 0 Å².